The van der Waals surface area contributed by atoms with E-state index in [2.05, 4.69) is 11.4 Å². The van der Waals surface area contributed by atoms with Crippen LogP contribution in [0.1, 0.15) is 42.5 Å². The second-order valence-electron chi connectivity index (χ2n) is 5.16. The van der Waals surface area contributed by atoms with Crippen LogP contribution in [-0.2, 0) is 0 Å². The van der Waals surface area contributed by atoms with Crippen LogP contribution in [0.15, 0.2) is 18.2 Å². The summed E-state index contributed by atoms with van der Waals surface area (Å²) >= 11 is 5.80. The van der Waals surface area contributed by atoms with E-state index in [9.17, 15) is 20.2 Å². The maximum atomic E-state index is 12.3. The maximum absolute atomic E-state index is 12.3. The molecule has 1 aromatic rings. The van der Waals surface area contributed by atoms with E-state index in [4.69, 9.17) is 11.6 Å². The average Bonchev–Trinajstić information content (AvgIpc) is 2.47. The lowest BCUT2D eigenvalue weighted by Gasteiger charge is -2.31. The lowest BCUT2D eigenvalue weighted by Crippen LogP contribution is -2.48. The van der Waals surface area contributed by atoms with Crippen molar-refractivity contribution in [3.8, 4) is 6.07 Å². The summed E-state index contributed by atoms with van der Waals surface area (Å²) in [6.07, 6.45) is 3.99. The fourth-order valence-corrected chi connectivity index (χ4v) is 2.75. The lowest BCUT2D eigenvalue weighted by molar-refractivity contribution is -0.384. The van der Waals surface area contributed by atoms with Gasteiger partial charge in [0.05, 0.1) is 11.0 Å². The molecule has 0 unspecified atom stereocenters. The van der Waals surface area contributed by atoms with Gasteiger partial charge in [0.2, 0.25) is 0 Å². The van der Waals surface area contributed by atoms with Crippen molar-refractivity contribution in [3.05, 3.63) is 38.9 Å². The molecule has 0 radical (unpaired) electrons. The minimum atomic E-state index is -0.883. The molecule has 0 heterocycles. The third-order valence-electron chi connectivity index (χ3n) is 3.63. The number of carbonyl (C=O) groups excluding carboxylic acids is 1. The Morgan fingerprint density at radius 2 is 2.00 bits per heavy atom. The van der Waals surface area contributed by atoms with Crippen LogP contribution in [0.5, 0.6) is 0 Å². The van der Waals surface area contributed by atoms with Gasteiger partial charge in [-0.25, -0.2) is 0 Å². The molecule has 110 valence electrons. The van der Waals surface area contributed by atoms with Gasteiger partial charge < -0.3 is 5.32 Å². The third-order valence-corrected chi connectivity index (χ3v) is 3.85. The predicted molar refractivity (Wildman–Crippen MR) is 77.0 cm³/mol. The predicted octanol–water partition coefficient (Wildman–Crippen LogP) is 3.20. The zero-order chi connectivity index (χ0) is 15.5. The van der Waals surface area contributed by atoms with E-state index in [-0.39, 0.29) is 16.3 Å². The summed E-state index contributed by atoms with van der Waals surface area (Å²) in [6, 6.07) is 5.87. The molecule has 6 nitrogen and oxygen atoms in total. The molecule has 0 saturated heterocycles. The number of hydrogen-bond acceptors (Lipinski definition) is 4. The highest BCUT2D eigenvalue weighted by Gasteiger charge is 2.34. The van der Waals surface area contributed by atoms with Gasteiger partial charge in [-0.2, -0.15) is 5.26 Å². The van der Waals surface area contributed by atoms with Crippen LogP contribution >= 0.6 is 11.6 Å². The van der Waals surface area contributed by atoms with Gasteiger partial charge in [-0.05, 0) is 18.9 Å². The van der Waals surface area contributed by atoms with Crippen molar-refractivity contribution in [3.63, 3.8) is 0 Å². The van der Waals surface area contributed by atoms with Gasteiger partial charge in [0.1, 0.15) is 5.54 Å². The van der Waals surface area contributed by atoms with Crippen molar-refractivity contribution in [1.82, 2.24) is 5.32 Å². The fourth-order valence-electron chi connectivity index (χ4n) is 2.52. The zero-order valence-corrected chi connectivity index (χ0v) is 12.0. The Bertz CT molecular complexity index is 618. The Morgan fingerprint density at radius 1 is 1.33 bits per heavy atom. The minimum absolute atomic E-state index is 0.0920. The summed E-state index contributed by atoms with van der Waals surface area (Å²) in [6.45, 7) is 0. The number of nitrogens with one attached hydrogen (secondary N) is 1. The standard InChI is InChI=1S/C14H14ClN3O3/c15-11-6-10(7-12(8-11)18(20)21)13(19)17-14(9-16)4-2-1-3-5-14/h6-8H,1-5H2,(H,17,19). The Hall–Kier alpha value is -2.13. The molecule has 0 aromatic heterocycles. The summed E-state index contributed by atoms with van der Waals surface area (Å²) in [5.41, 5.74) is -1.04. The molecule has 1 aliphatic carbocycles. The van der Waals surface area contributed by atoms with Crippen LogP contribution in [0.25, 0.3) is 0 Å². The van der Waals surface area contributed by atoms with E-state index in [1.54, 1.807) is 0 Å². The van der Waals surface area contributed by atoms with E-state index in [1.165, 1.54) is 12.1 Å². The number of carbonyl (C=O) groups is 1. The number of rotatable bonds is 3. The molecule has 21 heavy (non-hydrogen) atoms. The molecule has 0 bridgehead atoms. The van der Waals surface area contributed by atoms with Crippen molar-refractivity contribution < 1.29 is 9.72 Å². The third kappa shape index (κ3) is 3.50. The Labute approximate surface area is 126 Å². The van der Waals surface area contributed by atoms with Crippen LogP contribution in [0.3, 0.4) is 0 Å². The zero-order valence-electron chi connectivity index (χ0n) is 11.3. The van der Waals surface area contributed by atoms with E-state index < -0.39 is 16.4 Å². The first kappa shape index (κ1) is 15.3. The van der Waals surface area contributed by atoms with Crippen molar-refractivity contribution >= 4 is 23.2 Å². The molecule has 0 atom stereocenters. The molecule has 1 amide bonds. The first-order valence-corrected chi connectivity index (χ1v) is 7.02. The largest absolute Gasteiger partial charge is 0.334 e. The van der Waals surface area contributed by atoms with Crippen molar-refractivity contribution in [1.29, 1.82) is 5.26 Å². The summed E-state index contributed by atoms with van der Waals surface area (Å²) in [4.78, 5) is 22.5. The summed E-state index contributed by atoms with van der Waals surface area (Å²) in [5.74, 6) is -0.510. The molecule has 0 aliphatic heterocycles. The van der Waals surface area contributed by atoms with Crippen molar-refractivity contribution in [2.45, 2.75) is 37.6 Å². The van der Waals surface area contributed by atoms with E-state index in [0.29, 0.717) is 12.8 Å². The number of halogens is 1. The van der Waals surface area contributed by atoms with Crippen LogP contribution in [0.2, 0.25) is 5.02 Å². The SMILES string of the molecule is N#CC1(NC(=O)c2cc(Cl)cc([N+](=O)[O-])c2)CCCCC1. The van der Waals surface area contributed by atoms with Crippen LogP contribution in [0, 0.1) is 21.4 Å². The second-order valence-corrected chi connectivity index (χ2v) is 5.60. The summed E-state index contributed by atoms with van der Waals surface area (Å²) in [7, 11) is 0. The number of benzene rings is 1. The molecular weight excluding hydrogens is 294 g/mol. The van der Waals surface area contributed by atoms with Crippen LogP contribution < -0.4 is 5.32 Å². The summed E-state index contributed by atoms with van der Waals surface area (Å²) < 4.78 is 0. The number of nitriles is 1. The van der Waals surface area contributed by atoms with Gasteiger partial charge >= 0.3 is 0 Å². The topological polar surface area (TPSA) is 96.0 Å². The highest BCUT2D eigenvalue weighted by Crippen LogP contribution is 2.28. The first-order chi connectivity index (χ1) is 9.96. The van der Waals surface area contributed by atoms with Gasteiger partial charge in [-0.15, -0.1) is 0 Å². The molecule has 1 saturated carbocycles. The monoisotopic (exact) mass is 307 g/mol. The number of nitrogens with zero attached hydrogens (tertiary/aromatic N) is 2. The molecule has 1 aromatic carbocycles. The van der Waals surface area contributed by atoms with Crippen molar-refractivity contribution in [2.75, 3.05) is 0 Å². The Morgan fingerprint density at radius 3 is 2.57 bits per heavy atom. The molecule has 2 rings (SSSR count). The number of nitro benzene ring substituents is 1. The maximum Gasteiger partial charge on any atom is 0.271 e. The highest BCUT2D eigenvalue weighted by molar-refractivity contribution is 6.31. The van der Waals surface area contributed by atoms with Gasteiger partial charge in [-0.3, -0.25) is 14.9 Å². The number of non-ortho nitro benzene ring substituents is 1. The first-order valence-electron chi connectivity index (χ1n) is 6.64. The highest BCUT2D eigenvalue weighted by atomic mass is 35.5. The summed E-state index contributed by atoms with van der Waals surface area (Å²) in [5, 5.41) is 23.0. The Kier molecular flexibility index (Phi) is 4.43. The quantitative estimate of drug-likeness (QED) is 0.685. The molecule has 1 fully saturated rings. The van der Waals surface area contributed by atoms with E-state index in [1.807, 2.05) is 0 Å². The number of amides is 1. The van der Waals surface area contributed by atoms with E-state index in [0.717, 1.165) is 25.3 Å². The second kappa shape index (κ2) is 6.10. The minimum Gasteiger partial charge on any atom is -0.334 e. The average molecular weight is 308 g/mol. The van der Waals surface area contributed by atoms with Crippen LogP contribution in [0.4, 0.5) is 5.69 Å². The fraction of sp³-hybridized carbons (Fsp3) is 0.429. The lowest BCUT2D eigenvalue weighted by atomic mass is 9.82. The molecular formula is C14H14ClN3O3. The van der Waals surface area contributed by atoms with E-state index >= 15 is 0 Å². The smallest absolute Gasteiger partial charge is 0.271 e. The normalized spacial score (nSPS) is 16.8. The van der Waals surface area contributed by atoms with Crippen molar-refractivity contribution in [2.24, 2.45) is 0 Å². The number of nitro groups is 1. The number of hydrogen-bond donors (Lipinski definition) is 1. The molecule has 1 aliphatic rings. The van der Waals surface area contributed by atoms with Gasteiger partial charge in [0.25, 0.3) is 11.6 Å². The van der Waals surface area contributed by atoms with Crippen LogP contribution in [-0.4, -0.2) is 16.4 Å². The Balaban J connectivity index is 2.24. The molecule has 1 N–H and O–H groups in total. The van der Waals surface area contributed by atoms with Gasteiger partial charge in [0, 0.05) is 22.7 Å². The van der Waals surface area contributed by atoms with Gasteiger partial charge in [0.15, 0.2) is 0 Å². The molecule has 0 spiro atoms. The van der Waals surface area contributed by atoms with Gasteiger partial charge in [-0.1, -0.05) is 30.9 Å². The molecule has 7 heteroatoms.